The number of rotatable bonds is 4. The first-order valence-electron chi connectivity index (χ1n) is 20.3. The lowest BCUT2D eigenvalue weighted by Crippen LogP contribution is -2.38. The summed E-state index contributed by atoms with van der Waals surface area (Å²) in [4.78, 5) is 2.67. The maximum Gasteiger partial charge on any atom is 0.0857 e. The highest BCUT2D eigenvalue weighted by atomic mass is 15.3. The second-order valence-corrected chi connectivity index (χ2v) is 16.1. The highest BCUT2D eigenvalue weighted by molar-refractivity contribution is 6.23. The molecule has 2 nitrogen and oxygen atoms in total. The van der Waals surface area contributed by atoms with Crippen LogP contribution in [0.2, 0.25) is 0 Å². The Morgan fingerprint density at radius 2 is 0.966 bits per heavy atom. The van der Waals surface area contributed by atoms with E-state index in [0.717, 1.165) is 0 Å². The second-order valence-electron chi connectivity index (χ2n) is 16.1. The third-order valence-corrected chi connectivity index (χ3v) is 13.1. The van der Waals surface area contributed by atoms with Crippen LogP contribution in [-0.2, 0) is 0 Å². The highest BCUT2D eigenvalue weighted by Gasteiger charge is 2.49. The van der Waals surface area contributed by atoms with Gasteiger partial charge in [-0.2, -0.15) is 0 Å². The molecule has 10 aromatic rings. The van der Waals surface area contributed by atoms with Gasteiger partial charge in [0.05, 0.1) is 22.8 Å². The van der Waals surface area contributed by atoms with Crippen molar-refractivity contribution in [2.75, 3.05) is 4.90 Å². The largest absolute Gasteiger partial charge is 0.329 e. The third-order valence-electron chi connectivity index (χ3n) is 13.1. The van der Waals surface area contributed by atoms with E-state index in [2.05, 4.69) is 216 Å². The predicted molar refractivity (Wildman–Crippen MR) is 245 cm³/mol. The topological polar surface area (TPSA) is 8.17 Å². The van der Waals surface area contributed by atoms with Crippen molar-refractivity contribution in [2.45, 2.75) is 12.0 Å². The number of benzene rings is 9. The van der Waals surface area contributed by atoms with E-state index in [1.165, 1.54) is 111 Å². The molecule has 3 aliphatic rings. The average molecular weight is 737 g/mol. The van der Waals surface area contributed by atoms with Crippen LogP contribution in [0.25, 0.3) is 88.0 Å². The molecule has 0 saturated carbocycles. The molecule has 270 valence electrons. The number of fused-ring (bicyclic) bond motifs is 10. The van der Waals surface area contributed by atoms with Gasteiger partial charge in [0.2, 0.25) is 0 Å². The molecule has 3 heterocycles. The number of nitrogens with zero attached hydrogens (tertiary/aromatic N) is 2. The number of anilines is 2. The zero-order valence-electron chi connectivity index (χ0n) is 31.7. The van der Waals surface area contributed by atoms with E-state index in [1.54, 1.807) is 0 Å². The lowest BCUT2D eigenvalue weighted by atomic mass is 9.78. The minimum Gasteiger partial charge on any atom is -0.329 e. The van der Waals surface area contributed by atoms with Gasteiger partial charge in [0.25, 0.3) is 0 Å². The van der Waals surface area contributed by atoms with E-state index < -0.39 is 0 Å². The van der Waals surface area contributed by atoms with Crippen molar-refractivity contribution in [1.82, 2.24) is 4.57 Å². The Kier molecular flexibility index (Phi) is 6.59. The summed E-state index contributed by atoms with van der Waals surface area (Å²) in [6.07, 6.45) is 4.83. The Bertz CT molecular complexity index is 3400. The number of hydrogen-bond acceptors (Lipinski definition) is 1. The zero-order valence-corrected chi connectivity index (χ0v) is 31.7. The van der Waals surface area contributed by atoms with Crippen molar-refractivity contribution >= 4 is 66.0 Å². The van der Waals surface area contributed by atoms with Crippen LogP contribution >= 0.6 is 0 Å². The molecule has 1 aliphatic carbocycles. The summed E-state index contributed by atoms with van der Waals surface area (Å²) < 4.78 is 2.61. The fourth-order valence-electron chi connectivity index (χ4n) is 10.5. The van der Waals surface area contributed by atoms with E-state index >= 15 is 0 Å². The van der Waals surface area contributed by atoms with Crippen molar-refractivity contribution in [3.8, 4) is 33.4 Å². The maximum absolute atomic E-state index is 2.67. The Labute approximate surface area is 336 Å². The minimum atomic E-state index is 0.0936. The van der Waals surface area contributed by atoms with E-state index in [1.807, 2.05) is 0 Å². The quantitative estimate of drug-likeness (QED) is 0.175. The number of hydrogen-bond donors (Lipinski definition) is 0. The molecule has 9 aromatic carbocycles. The molecule has 0 saturated heterocycles. The lowest BCUT2D eigenvalue weighted by Gasteiger charge is -2.40. The normalized spacial score (nSPS) is 16.4. The summed E-state index contributed by atoms with van der Waals surface area (Å²) in [6.45, 7) is 0. The van der Waals surface area contributed by atoms with Crippen molar-refractivity contribution < 1.29 is 0 Å². The van der Waals surface area contributed by atoms with Crippen molar-refractivity contribution in [3.63, 3.8) is 0 Å². The Hall–Kier alpha value is -7.42. The van der Waals surface area contributed by atoms with Crippen molar-refractivity contribution in [1.29, 1.82) is 0 Å². The van der Waals surface area contributed by atoms with Crippen LogP contribution in [0, 0.1) is 0 Å². The van der Waals surface area contributed by atoms with Gasteiger partial charge in [0.1, 0.15) is 0 Å². The molecule has 0 fully saturated rings. The summed E-state index contributed by atoms with van der Waals surface area (Å²) >= 11 is 0. The first-order chi connectivity index (χ1) is 28.8. The van der Waals surface area contributed by atoms with E-state index in [-0.39, 0.29) is 12.0 Å². The number of aromatic nitrogens is 1. The van der Waals surface area contributed by atoms with Crippen LogP contribution in [0.1, 0.15) is 17.0 Å². The summed E-state index contributed by atoms with van der Waals surface area (Å²) in [6, 6.07) is 72.2. The summed E-state index contributed by atoms with van der Waals surface area (Å²) in [5, 5.41) is 7.64. The fraction of sp³-hybridized carbons (Fsp3) is 0.0357. The Morgan fingerprint density at radius 3 is 1.67 bits per heavy atom. The molecule has 2 heteroatoms. The van der Waals surface area contributed by atoms with Gasteiger partial charge in [-0.05, 0) is 120 Å². The highest BCUT2D eigenvalue weighted by Crippen LogP contribution is 2.61. The molecule has 0 amide bonds. The smallest absolute Gasteiger partial charge is 0.0857 e. The zero-order chi connectivity index (χ0) is 37.9. The van der Waals surface area contributed by atoms with Crippen LogP contribution in [0.4, 0.5) is 11.4 Å². The molecule has 0 radical (unpaired) electrons. The van der Waals surface area contributed by atoms with Gasteiger partial charge >= 0.3 is 0 Å². The Balaban J connectivity index is 1.09. The lowest BCUT2D eigenvalue weighted by molar-refractivity contribution is 0.737. The second kappa shape index (κ2) is 12.0. The molecule has 2 aliphatic heterocycles. The molecule has 0 N–H and O–H groups in total. The molecule has 0 bridgehead atoms. The molecule has 2 unspecified atom stereocenters. The molecule has 58 heavy (non-hydrogen) atoms. The van der Waals surface area contributed by atoms with Crippen molar-refractivity contribution in [2.24, 2.45) is 0 Å². The maximum atomic E-state index is 2.67. The first kappa shape index (κ1) is 31.7. The molecular weight excluding hydrogens is 701 g/mol. The third kappa shape index (κ3) is 4.49. The summed E-state index contributed by atoms with van der Waals surface area (Å²) in [5.41, 5.74) is 17.9. The molecule has 0 spiro atoms. The molecule has 13 rings (SSSR count). The van der Waals surface area contributed by atoms with Crippen LogP contribution in [0.15, 0.2) is 206 Å². The van der Waals surface area contributed by atoms with Crippen molar-refractivity contribution in [3.05, 3.63) is 217 Å². The van der Waals surface area contributed by atoms with Crippen LogP contribution in [0.3, 0.4) is 0 Å². The van der Waals surface area contributed by atoms with Gasteiger partial charge in [0, 0.05) is 28.1 Å². The van der Waals surface area contributed by atoms with E-state index in [4.69, 9.17) is 0 Å². The molecule has 2 atom stereocenters. The minimum absolute atomic E-state index is 0.0936. The van der Waals surface area contributed by atoms with Crippen LogP contribution < -0.4 is 4.90 Å². The predicted octanol–water partition coefficient (Wildman–Crippen LogP) is 14.7. The molecular formula is C56H36N2. The van der Waals surface area contributed by atoms with Crippen LogP contribution in [0.5, 0.6) is 0 Å². The van der Waals surface area contributed by atoms with Gasteiger partial charge in [-0.25, -0.2) is 0 Å². The van der Waals surface area contributed by atoms with Crippen LogP contribution in [-0.4, -0.2) is 10.6 Å². The average Bonchev–Trinajstić information content (AvgIpc) is 3.82. The Morgan fingerprint density at radius 1 is 0.397 bits per heavy atom. The standard InChI is InChI=1S/C56H36N2/c1-3-13-37(14-4-1)45-25-29-51-55-53(45)47-33-43(41-21-19-35-11-7-9-17-39(35)31-41)23-27-49(47)57(55)52-30-26-46(38-15-5-2-6-16-38)54-48-34-44(24-28-50(48)58(51)56(52)54)42-22-20-36-12-8-10-18-40(36)32-42/h1-34,53,55H. The van der Waals surface area contributed by atoms with Gasteiger partial charge in [-0.1, -0.05) is 158 Å². The molecule has 1 aromatic heterocycles. The SMILES string of the molecule is C1=C(c2ccccc2)C2c3cc(-c4ccc5ccccc5c4)ccc3N3c4ccc(-c5ccccc5)c5c6cc(-c7ccc8ccccc8c7)ccc6n(c45)C(=C1)C23. The fourth-order valence-corrected chi connectivity index (χ4v) is 10.5. The van der Waals surface area contributed by atoms with E-state index in [9.17, 15) is 0 Å². The first-order valence-corrected chi connectivity index (χ1v) is 20.3. The monoisotopic (exact) mass is 736 g/mol. The van der Waals surface area contributed by atoms with Gasteiger partial charge in [-0.15, -0.1) is 0 Å². The van der Waals surface area contributed by atoms with Gasteiger partial charge < -0.3 is 9.47 Å². The van der Waals surface area contributed by atoms with E-state index in [0.29, 0.717) is 0 Å². The number of allylic oxidation sites excluding steroid dienone is 2. The summed E-state index contributed by atoms with van der Waals surface area (Å²) in [7, 11) is 0. The van der Waals surface area contributed by atoms with Gasteiger partial charge in [-0.3, -0.25) is 0 Å². The summed E-state index contributed by atoms with van der Waals surface area (Å²) in [5.74, 6) is 0.143. The van der Waals surface area contributed by atoms with Gasteiger partial charge in [0.15, 0.2) is 0 Å².